The van der Waals surface area contributed by atoms with E-state index in [4.69, 9.17) is 5.11 Å². The molecule has 0 radical (unpaired) electrons. The molecule has 1 unspecified atom stereocenters. The highest BCUT2D eigenvalue weighted by atomic mass is 79.9. The van der Waals surface area contributed by atoms with Crippen molar-refractivity contribution >= 4 is 31.9 Å². The summed E-state index contributed by atoms with van der Waals surface area (Å²) >= 11 is 3.25. The van der Waals surface area contributed by atoms with Crippen LogP contribution in [0.15, 0.2) is 27.6 Å². The van der Waals surface area contributed by atoms with Crippen molar-refractivity contribution in [3.63, 3.8) is 0 Å². The molecule has 0 bridgehead atoms. The molecule has 0 aliphatic carbocycles. The van der Waals surface area contributed by atoms with Gasteiger partial charge in [0.1, 0.15) is 6.04 Å². The first kappa shape index (κ1) is 15.1. The zero-order chi connectivity index (χ0) is 14.1. The number of hydrogen-bond acceptors (Lipinski definition) is 3. The van der Waals surface area contributed by atoms with Gasteiger partial charge in [0.25, 0.3) is 0 Å². The van der Waals surface area contributed by atoms with Crippen LogP contribution in [0, 0.1) is 6.92 Å². The van der Waals surface area contributed by atoms with Crippen molar-refractivity contribution in [2.75, 3.05) is 7.05 Å². The topological polar surface area (TPSA) is 74.7 Å². The Balaban J connectivity index is 3.21. The third kappa shape index (κ3) is 2.90. The lowest BCUT2D eigenvalue weighted by Gasteiger charge is -2.21. The molecule has 1 rings (SSSR count). The van der Waals surface area contributed by atoms with E-state index in [9.17, 15) is 13.2 Å². The van der Waals surface area contributed by atoms with Gasteiger partial charge in [-0.3, -0.25) is 4.79 Å². The largest absolute Gasteiger partial charge is 0.480 e. The zero-order valence-electron chi connectivity index (χ0n) is 10.2. The smallest absolute Gasteiger partial charge is 0.321 e. The number of sulfonamides is 1. The number of carboxylic acids is 1. The van der Waals surface area contributed by atoms with Gasteiger partial charge in [0.15, 0.2) is 0 Å². The molecular formula is C11H14BrNO4S. The second kappa shape index (κ2) is 5.38. The maximum atomic E-state index is 12.2. The normalized spacial score (nSPS) is 13.6. The van der Waals surface area contributed by atoms with Gasteiger partial charge >= 0.3 is 5.97 Å². The highest BCUT2D eigenvalue weighted by Gasteiger charge is 2.29. The molecule has 1 aromatic rings. The van der Waals surface area contributed by atoms with Crippen LogP contribution in [0.3, 0.4) is 0 Å². The quantitative estimate of drug-likeness (QED) is 0.911. The van der Waals surface area contributed by atoms with Crippen molar-refractivity contribution in [1.29, 1.82) is 0 Å². The fourth-order valence-corrected chi connectivity index (χ4v) is 3.14. The molecule has 18 heavy (non-hydrogen) atoms. The van der Waals surface area contributed by atoms with Crippen LogP contribution in [0.4, 0.5) is 0 Å². The summed E-state index contributed by atoms with van der Waals surface area (Å²) in [5, 5.41) is 8.85. The van der Waals surface area contributed by atoms with Gasteiger partial charge in [-0.2, -0.15) is 4.31 Å². The number of carbonyl (C=O) groups is 1. The predicted molar refractivity (Wildman–Crippen MR) is 70.9 cm³/mol. The number of rotatable bonds is 4. The Morgan fingerprint density at radius 3 is 2.44 bits per heavy atom. The highest BCUT2D eigenvalue weighted by molar-refractivity contribution is 9.10. The molecule has 0 aliphatic rings. The summed E-state index contributed by atoms with van der Waals surface area (Å²) in [5.41, 5.74) is 0.905. The Bertz CT molecular complexity index is 570. The number of likely N-dealkylation sites (N-methyl/N-ethyl adjacent to an activating group) is 1. The van der Waals surface area contributed by atoms with Crippen LogP contribution < -0.4 is 0 Å². The Hall–Kier alpha value is -0.920. The van der Waals surface area contributed by atoms with Gasteiger partial charge in [-0.1, -0.05) is 22.0 Å². The molecule has 5 nitrogen and oxygen atoms in total. The number of halogens is 1. The first-order chi connectivity index (χ1) is 8.17. The highest BCUT2D eigenvalue weighted by Crippen LogP contribution is 2.23. The third-order valence-electron chi connectivity index (χ3n) is 2.72. The Morgan fingerprint density at radius 2 is 2.00 bits per heavy atom. The molecule has 0 heterocycles. The molecule has 0 amide bonds. The van der Waals surface area contributed by atoms with E-state index in [1.807, 2.05) is 6.92 Å². The van der Waals surface area contributed by atoms with Crippen molar-refractivity contribution in [1.82, 2.24) is 4.31 Å². The van der Waals surface area contributed by atoms with Gasteiger partial charge in [0, 0.05) is 11.5 Å². The maximum absolute atomic E-state index is 12.2. The molecule has 0 aliphatic heterocycles. The molecule has 0 aromatic heterocycles. The van der Waals surface area contributed by atoms with E-state index in [1.165, 1.54) is 26.1 Å². The average molecular weight is 336 g/mol. The minimum Gasteiger partial charge on any atom is -0.480 e. The summed E-state index contributed by atoms with van der Waals surface area (Å²) in [6, 6.07) is 3.47. The minimum absolute atomic E-state index is 0.0653. The maximum Gasteiger partial charge on any atom is 0.321 e. The number of aryl methyl sites for hydroxylation is 1. The SMILES string of the molecule is Cc1ccc(S(=O)(=O)N(C)C(C)C(=O)O)cc1Br. The average Bonchev–Trinajstić information content (AvgIpc) is 2.30. The Labute approximate surface area is 115 Å². The van der Waals surface area contributed by atoms with Gasteiger partial charge in [-0.05, 0) is 31.5 Å². The van der Waals surface area contributed by atoms with Crippen LogP contribution in [-0.4, -0.2) is 36.9 Å². The van der Waals surface area contributed by atoms with E-state index in [0.29, 0.717) is 4.47 Å². The fourth-order valence-electron chi connectivity index (χ4n) is 1.26. The van der Waals surface area contributed by atoms with Crippen LogP contribution in [0.5, 0.6) is 0 Å². The molecule has 0 spiro atoms. The number of benzene rings is 1. The van der Waals surface area contributed by atoms with Crippen LogP contribution >= 0.6 is 15.9 Å². The van der Waals surface area contributed by atoms with E-state index < -0.39 is 22.0 Å². The summed E-state index contributed by atoms with van der Waals surface area (Å²) in [4.78, 5) is 10.9. The number of nitrogens with zero attached hydrogens (tertiary/aromatic N) is 1. The van der Waals surface area contributed by atoms with Gasteiger partial charge in [-0.25, -0.2) is 8.42 Å². The van der Waals surface area contributed by atoms with Crippen LogP contribution in [0.25, 0.3) is 0 Å². The first-order valence-corrected chi connectivity index (χ1v) is 7.38. The predicted octanol–water partition coefficient (Wildman–Crippen LogP) is 1.85. The van der Waals surface area contributed by atoms with Crippen molar-refractivity contribution in [2.45, 2.75) is 24.8 Å². The summed E-state index contributed by atoms with van der Waals surface area (Å²) in [6.45, 7) is 3.16. The van der Waals surface area contributed by atoms with Crippen molar-refractivity contribution < 1.29 is 18.3 Å². The lowest BCUT2D eigenvalue weighted by atomic mass is 10.2. The van der Waals surface area contributed by atoms with Gasteiger partial charge in [0.2, 0.25) is 10.0 Å². The second-order valence-electron chi connectivity index (χ2n) is 3.95. The molecule has 1 N–H and O–H groups in total. The van der Waals surface area contributed by atoms with E-state index in [0.717, 1.165) is 9.87 Å². The number of aliphatic carboxylic acids is 1. The Morgan fingerprint density at radius 1 is 1.44 bits per heavy atom. The molecule has 1 aromatic carbocycles. The van der Waals surface area contributed by atoms with Gasteiger partial charge < -0.3 is 5.11 Å². The molecule has 100 valence electrons. The minimum atomic E-state index is -3.80. The first-order valence-electron chi connectivity index (χ1n) is 5.15. The zero-order valence-corrected chi connectivity index (χ0v) is 12.6. The third-order valence-corrected chi connectivity index (χ3v) is 5.50. The summed E-state index contributed by atoms with van der Waals surface area (Å²) in [6.07, 6.45) is 0. The number of hydrogen-bond donors (Lipinski definition) is 1. The number of carboxylic acid groups (broad SMARTS) is 1. The molecule has 0 saturated carbocycles. The molecule has 0 saturated heterocycles. The van der Waals surface area contributed by atoms with Gasteiger partial charge in [-0.15, -0.1) is 0 Å². The van der Waals surface area contributed by atoms with Crippen molar-refractivity contribution in [3.8, 4) is 0 Å². The molecule has 1 atom stereocenters. The molecular weight excluding hydrogens is 322 g/mol. The fraction of sp³-hybridized carbons (Fsp3) is 0.364. The van der Waals surface area contributed by atoms with Crippen LogP contribution in [-0.2, 0) is 14.8 Å². The lowest BCUT2D eigenvalue weighted by Crippen LogP contribution is -2.40. The van der Waals surface area contributed by atoms with Crippen molar-refractivity contribution in [2.24, 2.45) is 0 Å². The summed E-state index contributed by atoms with van der Waals surface area (Å²) < 4.78 is 25.9. The van der Waals surface area contributed by atoms with E-state index >= 15 is 0 Å². The van der Waals surface area contributed by atoms with E-state index in [1.54, 1.807) is 6.07 Å². The van der Waals surface area contributed by atoms with Crippen LogP contribution in [0.2, 0.25) is 0 Å². The summed E-state index contributed by atoms with van der Waals surface area (Å²) in [7, 11) is -2.55. The standard InChI is InChI=1S/C11H14BrNO4S/c1-7-4-5-9(6-10(7)12)18(16,17)13(3)8(2)11(14)15/h4-6,8H,1-3H3,(H,14,15). The molecule has 0 fully saturated rings. The second-order valence-corrected chi connectivity index (χ2v) is 6.80. The van der Waals surface area contributed by atoms with E-state index in [2.05, 4.69) is 15.9 Å². The van der Waals surface area contributed by atoms with E-state index in [-0.39, 0.29) is 4.90 Å². The molecule has 7 heteroatoms. The van der Waals surface area contributed by atoms with Gasteiger partial charge in [0.05, 0.1) is 4.90 Å². The lowest BCUT2D eigenvalue weighted by molar-refractivity contribution is -0.140. The summed E-state index contributed by atoms with van der Waals surface area (Å²) in [5.74, 6) is -1.19. The monoisotopic (exact) mass is 335 g/mol. The van der Waals surface area contributed by atoms with Crippen molar-refractivity contribution in [3.05, 3.63) is 28.2 Å². The Kier molecular flexibility index (Phi) is 4.52. The van der Waals surface area contributed by atoms with Crippen LogP contribution in [0.1, 0.15) is 12.5 Å².